The van der Waals surface area contributed by atoms with Gasteiger partial charge in [-0.2, -0.15) is 0 Å². The van der Waals surface area contributed by atoms with Crippen LogP contribution in [0, 0.1) is 0 Å². The molecule has 0 aliphatic heterocycles. The summed E-state index contributed by atoms with van der Waals surface area (Å²) in [5.74, 6) is 0. The van der Waals surface area contributed by atoms with Crippen LogP contribution < -0.4 is 0 Å². The van der Waals surface area contributed by atoms with Crippen molar-refractivity contribution in [2.75, 3.05) is 27.2 Å². The van der Waals surface area contributed by atoms with Crippen LogP contribution in [0.25, 0.3) is 0 Å². The van der Waals surface area contributed by atoms with Crippen LogP contribution in [-0.4, -0.2) is 38.3 Å². The zero-order valence-corrected chi connectivity index (χ0v) is 31.0. The molecule has 262 valence electrons. The van der Waals surface area contributed by atoms with Gasteiger partial charge in [-0.3, -0.25) is 0 Å². The molecule has 1 atom stereocenters. The Hall–Kier alpha value is -1.38. The lowest BCUT2D eigenvalue weighted by Gasteiger charge is -2.18. The third-order valence-electron chi connectivity index (χ3n) is 8.52. The van der Waals surface area contributed by atoms with Crippen LogP contribution in [0.15, 0.2) is 60.8 Å². The summed E-state index contributed by atoms with van der Waals surface area (Å²) in [5, 5.41) is 0. The molecule has 0 radical (unpaired) electrons. The molecule has 0 aromatic heterocycles. The highest BCUT2D eigenvalue weighted by atomic mass is 16.5. The van der Waals surface area contributed by atoms with Gasteiger partial charge in [0.25, 0.3) is 0 Å². The molecule has 0 N–H and O–H groups in total. The van der Waals surface area contributed by atoms with Crippen molar-refractivity contribution in [2.45, 2.75) is 187 Å². The molecule has 0 saturated heterocycles. The summed E-state index contributed by atoms with van der Waals surface area (Å²) in [7, 11) is 4.33. The average Bonchev–Trinajstić information content (AvgIpc) is 3.03. The van der Waals surface area contributed by atoms with Crippen LogP contribution in [0.5, 0.6) is 0 Å². The largest absolute Gasteiger partial charge is 0.378 e. The van der Waals surface area contributed by atoms with Crippen LogP contribution in [0.3, 0.4) is 0 Å². The van der Waals surface area contributed by atoms with E-state index in [-0.39, 0.29) is 0 Å². The lowest BCUT2D eigenvalue weighted by molar-refractivity contribution is 0.0353. The van der Waals surface area contributed by atoms with Gasteiger partial charge in [-0.15, -0.1) is 0 Å². The number of rotatable bonds is 35. The molecule has 0 bridgehead atoms. The first-order valence-corrected chi connectivity index (χ1v) is 19.7. The van der Waals surface area contributed by atoms with E-state index in [1.807, 2.05) is 0 Å². The topological polar surface area (TPSA) is 12.5 Å². The molecule has 0 heterocycles. The number of nitrogens with zero attached hydrogens (tertiary/aromatic N) is 1. The van der Waals surface area contributed by atoms with Gasteiger partial charge in [-0.05, 0) is 111 Å². The van der Waals surface area contributed by atoms with Gasteiger partial charge in [-0.1, -0.05) is 152 Å². The van der Waals surface area contributed by atoms with Crippen molar-refractivity contribution in [3.8, 4) is 0 Å². The van der Waals surface area contributed by atoms with E-state index in [0.29, 0.717) is 6.10 Å². The minimum absolute atomic E-state index is 0.473. The van der Waals surface area contributed by atoms with Gasteiger partial charge in [-0.25, -0.2) is 0 Å². The minimum atomic E-state index is 0.473. The van der Waals surface area contributed by atoms with Crippen molar-refractivity contribution in [3.63, 3.8) is 0 Å². The molecule has 0 aromatic carbocycles. The Labute approximate surface area is 283 Å². The molecular formula is C43H79NO. The van der Waals surface area contributed by atoms with E-state index in [9.17, 15) is 0 Å². The first-order chi connectivity index (χ1) is 22.2. The van der Waals surface area contributed by atoms with Crippen molar-refractivity contribution in [3.05, 3.63) is 60.8 Å². The maximum absolute atomic E-state index is 6.42. The molecule has 0 saturated carbocycles. The lowest BCUT2D eigenvalue weighted by atomic mass is 10.0. The fourth-order valence-corrected chi connectivity index (χ4v) is 5.58. The monoisotopic (exact) mass is 626 g/mol. The molecule has 2 heteroatoms. The number of ether oxygens (including phenoxy) is 1. The third kappa shape index (κ3) is 38.7. The quantitative estimate of drug-likeness (QED) is 0.0395. The highest BCUT2D eigenvalue weighted by molar-refractivity contribution is 5.04. The van der Waals surface area contributed by atoms with Gasteiger partial charge in [0.15, 0.2) is 0 Å². The van der Waals surface area contributed by atoms with E-state index in [2.05, 4.69) is 93.6 Å². The molecule has 0 aliphatic rings. The molecule has 0 rings (SSSR count). The Kier molecular flexibility index (Phi) is 37.6. The fraction of sp³-hybridized carbons (Fsp3) is 0.767. The van der Waals surface area contributed by atoms with Crippen molar-refractivity contribution in [1.82, 2.24) is 4.90 Å². The van der Waals surface area contributed by atoms with Crippen molar-refractivity contribution in [1.29, 1.82) is 0 Å². The van der Waals surface area contributed by atoms with E-state index < -0.39 is 0 Å². The van der Waals surface area contributed by atoms with Gasteiger partial charge in [0.1, 0.15) is 0 Å². The zero-order valence-electron chi connectivity index (χ0n) is 31.0. The van der Waals surface area contributed by atoms with Crippen LogP contribution >= 0.6 is 0 Å². The maximum Gasteiger partial charge on any atom is 0.0575 e. The Morgan fingerprint density at radius 2 is 0.889 bits per heavy atom. The summed E-state index contributed by atoms with van der Waals surface area (Å²) in [6.45, 7) is 6.64. The molecule has 0 spiro atoms. The van der Waals surface area contributed by atoms with Crippen LogP contribution in [-0.2, 0) is 4.74 Å². The predicted octanol–water partition coefficient (Wildman–Crippen LogP) is 13.9. The Bertz CT molecular complexity index is 701. The maximum atomic E-state index is 6.42. The zero-order chi connectivity index (χ0) is 32.7. The first-order valence-electron chi connectivity index (χ1n) is 19.7. The highest BCUT2D eigenvalue weighted by Crippen LogP contribution is 2.17. The number of unbranched alkanes of at least 4 members (excludes halogenated alkanes) is 17. The summed E-state index contributed by atoms with van der Waals surface area (Å²) in [5.41, 5.74) is 0. The van der Waals surface area contributed by atoms with Crippen LogP contribution in [0.4, 0.5) is 0 Å². The van der Waals surface area contributed by atoms with E-state index in [0.717, 1.165) is 19.4 Å². The van der Waals surface area contributed by atoms with E-state index in [1.54, 1.807) is 0 Å². The molecule has 0 amide bonds. The number of hydrogen-bond donors (Lipinski definition) is 0. The van der Waals surface area contributed by atoms with Crippen molar-refractivity contribution in [2.24, 2.45) is 0 Å². The number of allylic oxidation sites excluding steroid dienone is 10. The highest BCUT2D eigenvalue weighted by Gasteiger charge is 2.09. The molecule has 0 fully saturated rings. The standard InChI is InChI=1S/C43H79NO/c1-5-7-9-11-13-15-17-19-21-23-25-27-29-31-33-35-39-43(45-42-38-37-41-44(3)4)40-36-34-32-30-28-26-24-22-20-18-16-14-12-10-8-6-2/h13-16,19-23,25,43H,5-12,17-18,24,26-42H2,1-4H3/b15-13-,16-14-,21-19-,22-20-,25-23+. The fourth-order valence-electron chi connectivity index (χ4n) is 5.58. The van der Waals surface area contributed by atoms with Gasteiger partial charge in [0.2, 0.25) is 0 Å². The van der Waals surface area contributed by atoms with Crippen molar-refractivity contribution < 1.29 is 4.74 Å². The summed E-state index contributed by atoms with van der Waals surface area (Å²) in [6.07, 6.45) is 57.2. The molecule has 0 aliphatic carbocycles. The van der Waals surface area contributed by atoms with Crippen molar-refractivity contribution >= 4 is 0 Å². The van der Waals surface area contributed by atoms with E-state index in [1.165, 1.54) is 161 Å². The first kappa shape index (κ1) is 43.6. The van der Waals surface area contributed by atoms with E-state index in [4.69, 9.17) is 4.74 Å². The molecule has 2 nitrogen and oxygen atoms in total. The second-order valence-electron chi connectivity index (χ2n) is 13.4. The summed E-state index contributed by atoms with van der Waals surface area (Å²) < 4.78 is 6.42. The summed E-state index contributed by atoms with van der Waals surface area (Å²) in [6, 6.07) is 0. The summed E-state index contributed by atoms with van der Waals surface area (Å²) in [4.78, 5) is 2.28. The van der Waals surface area contributed by atoms with Crippen LogP contribution in [0.2, 0.25) is 0 Å². The molecular weight excluding hydrogens is 546 g/mol. The number of hydrogen-bond acceptors (Lipinski definition) is 2. The van der Waals surface area contributed by atoms with E-state index >= 15 is 0 Å². The summed E-state index contributed by atoms with van der Waals surface area (Å²) >= 11 is 0. The second-order valence-corrected chi connectivity index (χ2v) is 13.4. The Morgan fingerprint density at radius 3 is 1.42 bits per heavy atom. The van der Waals surface area contributed by atoms with Gasteiger partial charge in [0.05, 0.1) is 6.10 Å². The SMILES string of the molecule is CCCCC/C=C\C/C=C\C=C\CCCCCCC(CCCCCCCC/C=C\C/C=C\CCCCC)OCCCCN(C)C. The Morgan fingerprint density at radius 1 is 0.444 bits per heavy atom. The molecule has 0 aromatic rings. The lowest BCUT2D eigenvalue weighted by Crippen LogP contribution is -2.16. The smallest absolute Gasteiger partial charge is 0.0575 e. The average molecular weight is 626 g/mol. The third-order valence-corrected chi connectivity index (χ3v) is 8.52. The molecule has 45 heavy (non-hydrogen) atoms. The predicted molar refractivity (Wildman–Crippen MR) is 205 cm³/mol. The second kappa shape index (κ2) is 38.8. The minimum Gasteiger partial charge on any atom is -0.378 e. The van der Waals surface area contributed by atoms with Crippen LogP contribution in [0.1, 0.15) is 181 Å². The molecule has 1 unspecified atom stereocenters. The Balaban J connectivity index is 3.95. The van der Waals surface area contributed by atoms with Gasteiger partial charge >= 0.3 is 0 Å². The van der Waals surface area contributed by atoms with Gasteiger partial charge in [0, 0.05) is 6.61 Å². The van der Waals surface area contributed by atoms with Gasteiger partial charge < -0.3 is 9.64 Å². The normalized spacial score (nSPS) is 13.4.